The molecule has 0 N–H and O–H groups in total. The molecule has 126 valence electrons. The topological polar surface area (TPSA) is 34.0 Å². The first kappa shape index (κ1) is 15.6. The van der Waals surface area contributed by atoms with Crippen LogP contribution in [0.15, 0.2) is 35.5 Å². The van der Waals surface area contributed by atoms with E-state index in [-0.39, 0.29) is 5.92 Å². The highest BCUT2D eigenvalue weighted by Gasteiger charge is 2.38. The highest BCUT2D eigenvalue weighted by atomic mass is 32.2. The monoisotopic (exact) mass is 352 g/mol. The molecule has 2 aliphatic rings. The molecular weight excluding hydrogens is 337 g/mol. The lowest BCUT2D eigenvalue weighted by atomic mass is 10.2. The van der Waals surface area contributed by atoms with Crippen LogP contribution in [0, 0.1) is 0 Å². The number of pyridine rings is 1. The van der Waals surface area contributed by atoms with Gasteiger partial charge >= 0.3 is 6.18 Å². The maximum absolute atomic E-state index is 13.0. The Bertz CT molecular complexity index is 791. The predicted molar refractivity (Wildman–Crippen MR) is 87.0 cm³/mol. The number of allylic oxidation sites excluding steroid dienone is 1. The van der Waals surface area contributed by atoms with Gasteiger partial charge in [-0.3, -0.25) is 0 Å². The Morgan fingerprint density at radius 3 is 2.58 bits per heavy atom. The summed E-state index contributed by atoms with van der Waals surface area (Å²) in [7, 11) is 0. The average Bonchev–Trinajstić information content (AvgIpc) is 3.13. The molecule has 8 heteroatoms. The summed E-state index contributed by atoms with van der Waals surface area (Å²) in [6, 6.07) is 4.75. The van der Waals surface area contributed by atoms with Gasteiger partial charge in [0, 0.05) is 17.3 Å². The van der Waals surface area contributed by atoms with E-state index < -0.39 is 11.9 Å². The normalized spacial score (nSPS) is 18.2. The number of halogens is 3. The van der Waals surface area contributed by atoms with E-state index >= 15 is 0 Å². The molecule has 2 aromatic heterocycles. The molecule has 0 spiro atoms. The molecule has 2 aromatic rings. The second-order valence-electron chi connectivity index (χ2n) is 6.00. The van der Waals surface area contributed by atoms with Crippen LogP contribution in [-0.4, -0.2) is 20.6 Å². The Balaban J connectivity index is 1.68. The number of thioether (sulfide) groups is 1. The Morgan fingerprint density at radius 2 is 2.04 bits per heavy atom. The zero-order valence-electron chi connectivity index (χ0n) is 12.9. The fourth-order valence-corrected chi connectivity index (χ4v) is 3.67. The Kier molecular flexibility index (Phi) is 3.59. The van der Waals surface area contributed by atoms with Gasteiger partial charge in [-0.1, -0.05) is 0 Å². The van der Waals surface area contributed by atoms with Gasteiger partial charge in [-0.15, -0.1) is 11.8 Å². The molecule has 0 aromatic carbocycles. The second kappa shape index (κ2) is 5.54. The van der Waals surface area contributed by atoms with Crippen molar-refractivity contribution in [1.29, 1.82) is 0 Å². The molecule has 3 heterocycles. The van der Waals surface area contributed by atoms with E-state index in [1.807, 2.05) is 13.0 Å². The lowest BCUT2D eigenvalue weighted by molar-refractivity contribution is -0.141. The van der Waals surface area contributed by atoms with Gasteiger partial charge in [-0.2, -0.15) is 18.3 Å². The maximum Gasteiger partial charge on any atom is 0.435 e. The molecule has 4 rings (SSSR count). The van der Waals surface area contributed by atoms with Crippen LogP contribution >= 0.6 is 11.8 Å². The molecule has 1 aliphatic heterocycles. The molecule has 0 saturated heterocycles. The van der Waals surface area contributed by atoms with Crippen LogP contribution in [-0.2, 0) is 6.18 Å². The smallest absolute Gasteiger partial charge is 0.334 e. The third-order valence-electron chi connectivity index (χ3n) is 4.17. The number of rotatable bonds is 3. The van der Waals surface area contributed by atoms with Crippen molar-refractivity contribution in [2.24, 2.45) is 0 Å². The van der Waals surface area contributed by atoms with Gasteiger partial charge in [0.2, 0.25) is 0 Å². The van der Waals surface area contributed by atoms with Crippen LogP contribution in [0.1, 0.15) is 37.1 Å². The van der Waals surface area contributed by atoms with Gasteiger partial charge in [-0.05, 0) is 43.4 Å². The third-order valence-corrected chi connectivity index (χ3v) is 5.08. The molecule has 1 fully saturated rings. The summed E-state index contributed by atoms with van der Waals surface area (Å²) in [5.74, 6) is 1.39. The zero-order valence-corrected chi connectivity index (χ0v) is 13.7. The van der Waals surface area contributed by atoms with Crippen molar-refractivity contribution in [1.82, 2.24) is 14.8 Å². The summed E-state index contributed by atoms with van der Waals surface area (Å²) >= 11 is 1.70. The Labute approximate surface area is 141 Å². The van der Waals surface area contributed by atoms with Crippen molar-refractivity contribution >= 4 is 17.4 Å². The van der Waals surface area contributed by atoms with Gasteiger partial charge in [0.25, 0.3) is 0 Å². The average molecular weight is 352 g/mol. The highest BCUT2D eigenvalue weighted by Crippen LogP contribution is 2.42. The molecular formula is C16H15F3N4S. The van der Waals surface area contributed by atoms with E-state index in [9.17, 15) is 13.2 Å². The summed E-state index contributed by atoms with van der Waals surface area (Å²) in [4.78, 5) is 6.45. The minimum atomic E-state index is -4.44. The number of hydrogen-bond acceptors (Lipinski definition) is 4. The van der Waals surface area contributed by atoms with E-state index in [2.05, 4.69) is 20.4 Å². The third kappa shape index (κ3) is 2.79. The summed E-state index contributed by atoms with van der Waals surface area (Å²) in [5.41, 5.74) is 1.79. The number of aromatic nitrogens is 3. The molecule has 24 heavy (non-hydrogen) atoms. The molecule has 0 unspecified atom stereocenters. The number of nitrogens with zero attached hydrogens (tertiary/aromatic N) is 4. The van der Waals surface area contributed by atoms with Crippen molar-refractivity contribution in [3.63, 3.8) is 0 Å². The summed E-state index contributed by atoms with van der Waals surface area (Å²) in [6.45, 7) is 2.02. The van der Waals surface area contributed by atoms with Crippen molar-refractivity contribution in [3.05, 3.63) is 46.9 Å². The first-order chi connectivity index (χ1) is 11.4. The van der Waals surface area contributed by atoms with E-state index in [1.165, 1.54) is 4.68 Å². The lowest BCUT2D eigenvalue weighted by Gasteiger charge is -2.19. The fraction of sp³-hybridized carbons (Fsp3) is 0.375. The predicted octanol–water partition coefficient (Wildman–Crippen LogP) is 4.54. The largest absolute Gasteiger partial charge is 0.435 e. The minimum absolute atomic E-state index is 0.148. The quantitative estimate of drug-likeness (QED) is 0.812. The molecule has 0 bridgehead atoms. The van der Waals surface area contributed by atoms with Crippen LogP contribution < -0.4 is 4.90 Å². The van der Waals surface area contributed by atoms with Crippen LogP contribution in [0.3, 0.4) is 0 Å². The van der Waals surface area contributed by atoms with Crippen LogP contribution in [0.5, 0.6) is 0 Å². The van der Waals surface area contributed by atoms with E-state index in [4.69, 9.17) is 0 Å². The highest BCUT2D eigenvalue weighted by molar-refractivity contribution is 8.02. The van der Waals surface area contributed by atoms with Gasteiger partial charge in [0.1, 0.15) is 0 Å². The van der Waals surface area contributed by atoms with Crippen LogP contribution in [0.4, 0.5) is 18.9 Å². The summed E-state index contributed by atoms with van der Waals surface area (Å²) < 4.78 is 40.3. The second-order valence-corrected chi connectivity index (χ2v) is 6.82. The van der Waals surface area contributed by atoms with Crippen molar-refractivity contribution in [3.8, 4) is 5.82 Å². The molecule has 1 saturated carbocycles. The van der Waals surface area contributed by atoms with Crippen molar-refractivity contribution in [2.45, 2.75) is 31.9 Å². The van der Waals surface area contributed by atoms with Crippen LogP contribution in [0.2, 0.25) is 0 Å². The van der Waals surface area contributed by atoms with Gasteiger partial charge in [-0.25, -0.2) is 9.67 Å². The number of hydrogen-bond donors (Lipinski definition) is 0. The van der Waals surface area contributed by atoms with E-state index in [0.29, 0.717) is 11.5 Å². The van der Waals surface area contributed by atoms with Crippen LogP contribution in [0.25, 0.3) is 5.82 Å². The molecule has 1 aliphatic carbocycles. The number of anilines is 1. The standard InChI is InChI=1S/C16H15F3N4S/c1-10-8-24-9-22(10)12-4-5-15(20-7-12)23-13(11-2-3-11)6-14(21-23)16(17,18)19/h4-8,11H,2-3,9H2,1H3. The molecule has 0 atom stereocenters. The number of alkyl halides is 3. The summed E-state index contributed by atoms with van der Waals surface area (Å²) in [5, 5.41) is 5.83. The SMILES string of the molecule is CC1=CSCN1c1ccc(-n2nc(C(F)(F)F)cc2C2CC2)nc1. The minimum Gasteiger partial charge on any atom is -0.334 e. The fourth-order valence-electron chi connectivity index (χ4n) is 2.73. The zero-order chi connectivity index (χ0) is 16.9. The van der Waals surface area contributed by atoms with Crippen molar-refractivity contribution in [2.75, 3.05) is 10.8 Å². The maximum atomic E-state index is 13.0. The van der Waals surface area contributed by atoms with E-state index in [0.717, 1.165) is 36.2 Å². The summed E-state index contributed by atoms with van der Waals surface area (Å²) in [6.07, 6.45) is -0.959. The Hall–Kier alpha value is -1.96. The first-order valence-corrected chi connectivity index (χ1v) is 8.68. The Morgan fingerprint density at radius 1 is 1.25 bits per heavy atom. The lowest BCUT2D eigenvalue weighted by Crippen LogP contribution is -2.16. The van der Waals surface area contributed by atoms with Crippen molar-refractivity contribution < 1.29 is 13.2 Å². The molecule has 0 amide bonds. The van der Waals surface area contributed by atoms with Gasteiger partial charge in [0.05, 0.1) is 17.8 Å². The van der Waals surface area contributed by atoms with Gasteiger partial charge in [0.15, 0.2) is 11.5 Å². The first-order valence-electron chi connectivity index (χ1n) is 7.63. The van der Waals surface area contributed by atoms with Gasteiger partial charge < -0.3 is 4.90 Å². The van der Waals surface area contributed by atoms with E-state index in [1.54, 1.807) is 24.0 Å². The molecule has 0 radical (unpaired) electrons. The molecule has 4 nitrogen and oxygen atoms in total.